The van der Waals surface area contributed by atoms with E-state index in [2.05, 4.69) is 168 Å². The molecule has 0 radical (unpaired) electrons. The minimum Gasteiger partial charge on any atom is -0.309 e. The Balaban J connectivity index is 1.12. The lowest BCUT2D eigenvalue weighted by Gasteiger charge is -2.12. The predicted octanol–water partition coefficient (Wildman–Crippen LogP) is 12.1. The van der Waals surface area contributed by atoms with Gasteiger partial charge in [-0.15, -0.1) is 0 Å². The molecule has 0 bridgehead atoms. The van der Waals surface area contributed by atoms with E-state index in [1.807, 2.05) is 0 Å². The average Bonchev–Trinajstić information content (AvgIpc) is 3.62. The van der Waals surface area contributed by atoms with Gasteiger partial charge in [-0.05, 0) is 102 Å². The molecule has 0 amide bonds. The molecule has 0 fully saturated rings. The van der Waals surface area contributed by atoms with Gasteiger partial charge in [0.15, 0.2) is 0 Å². The maximum atomic E-state index is 2.39. The van der Waals surface area contributed by atoms with Crippen molar-refractivity contribution in [2.45, 2.75) is 0 Å². The quantitative estimate of drug-likeness (QED) is 0.199. The van der Waals surface area contributed by atoms with Gasteiger partial charge in [0.1, 0.15) is 0 Å². The number of fused-ring (bicyclic) bond motifs is 7. The van der Waals surface area contributed by atoms with Crippen molar-refractivity contribution in [1.29, 1.82) is 0 Å². The predicted molar refractivity (Wildman–Crippen MR) is 191 cm³/mol. The zero-order valence-corrected chi connectivity index (χ0v) is 24.5. The topological polar surface area (TPSA) is 4.93 Å². The minimum atomic E-state index is 1.18. The van der Waals surface area contributed by atoms with E-state index in [1.54, 1.807) is 0 Å². The fourth-order valence-corrected chi connectivity index (χ4v) is 7.76. The monoisotopic (exact) mass is 569 g/mol. The van der Waals surface area contributed by atoms with Gasteiger partial charge in [0.05, 0.1) is 11.0 Å². The van der Waals surface area contributed by atoms with Gasteiger partial charge in [0.2, 0.25) is 0 Å². The Morgan fingerprint density at radius 2 is 0.867 bits per heavy atom. The van der Waals surface area contributed by atoms with Crippen LogP contribution in [0.4, 0.5) is 0 Å². The molecular formula is C44H27N. The Morgan fingerprint density at radius 3 is 1.67 bits per heavy atom. The molecule has 0 aliphatic heterocycles. The van der Waals surface area contributed by atoms with Crippen molar-refractivity contribution in [3.05, 3.63) is 164 Å². The van der Waals surface area contributed by atoms with Gasteiger partial charge >= 0.3 is 0 Å². The summed E-state index contributed by atoms with van der Waals surface area (Å²) in [5.41, 5.74) is 14.0. The van der Waals surface area contributed by atoms with Gasteiger partial charge < -0.3 is 4.57 Å². The van der Waals surface area contributed by atoms with Crippen LogP contribution in [0.15, 0.2) is 164 Å². The Kier molecular flexibility index (Phi) is 5.06. The maximum absolute atomic E-state index is 2.39. The summed E-state index contributed by atoms with van der Waals surface area (Å²) < 4.78 is 2.39. The van der Waals surface area contributed by atoms with Crippen molar-refractivity contribution < 1.29 is 0 Å². The van der Waals surface area contributed by atoms with Crippen molar-refractivity contribution in [3.63, 3.8) is 0 Å². The molecule has 45 heavy (non-hydrogen) atoms. The van der Waals surface area contributed by atoms with E-state index < -0.39 is 0 Å². The van der Waals surface area contributed by atoms with Crippen LogP contribution in [0, 0.1) is 0 Å². The lowest BCUT2D eigenvalue weighted by atomic mass is 9.92. The van der Waals surface area contributed by atoms with Crippen molar-refractivity contribution >= 4 is 43.4 Å². The fourth-order valence-electron chi connectivity index (χ4n) is 7.76. The second kappa shape index (κ2) is 9.29. The first-order chi connectivity index (χ1) is 22.3. The third-order valence-corrected chi connectivity index (χ3v) is 9.72. The molecular weight excluding hydrogens is 542 g/mol. The van der Waals surface area contributed by atoms with E-state index in [9.17, 15) is 0 Å². The standard InChI is InChI=1S/C44H27N/c1-2-10-32(11-3-1)45-41-18-7-6-14-40(41)44-34(15-9-19-42(44)45)31-23-21-28-26-30(22-20-29(28)27-31)33-24-25-39-36-13-5-4-12-35(36)38-17-8-16-37(33)43(38)39/h1-27H. The average molecular weight is 570 g/mol. The molecule has 1 aromatic heterocycles. The zero-order chi connectivity index (χ0) is 29.5. The van der Waals surface area contributed by atoms with Crippen LogP contribution in [0.3, 0.4) is 0 Å². The summed E-state index contributed by atoms with van der Waals surface area (Å²) in [7, 11) is 0. The van der Waals surface area contributed by atoms with Crippen LogP contribution in [0.2, 0.25) is 0 Å². The lowest BCUT2D eigenvalue weighted by Crippen LogP contribution is -1.92. The van der Waals surface area contributed by atoms with Gasteiger partial charge in [0.25, 0.3) is 0 Å². The maximum Gasteiger partial charge on any atom is 0.0547 e. The molecule has 0 unspecified atom stereocenters. The third kappa shape index (κ3) is 3.50. The highest BCUT2D eigenvalue weighted by atomic mass is 15.0. The number of nitrogens with zero attached hydrogens (tertiary/aromatic N) is 1. The first-order valence-corrected chi connectivity index (χ1v) is 15.6. The first-order valence-electron chi connectivity index (χ1n) is 15.6. The lowest BCUT2D eigenvalue weighted by molar-refractivity contribution is 1.18. The molecule has 10 rings (SSSR count). The molecule has 9 aromatic rings. The SMILES string of the molecule is c1ccc(-n2c3ccccc3c3c(-c4ccc5cc(-c6ccc7c8c(cccc68)-c6ccccc6-7)ccc5c4)cccc32)cc1. The Morgan fingerprint density at radius 1 is 0.311 bits per heavy atom. The van der Waals surface area contributed by atoms with Crippen molar-refractivity contribution in [1.82, 2.24) is 4.57 Å². The van der Waals surface area contributed by atoms with Gasteiger partial charge in [-0.3, -0.25) is 0 Å². The Labute approximate surface area is 261 Å². The van der Waals surface area contributed by atoms with Crippen LogP contribution < -0.4 is 0 Å². The number of aromatic nitrogens is 1. The van der Waals surface area contributed by atoms with Gasteiger partial charge in [-0.1, -0.05) is 127 Å². The summed E-state index contributed by atoms with van der Waals surface area (Å²) in [6.45, 7) is 0. The molecule has 1 nitrogen and oxygen atoms in total. The van der Waals surface area contributed by atoms with Crippen LogP contribution in [0.1, 0.15) is 0 Å². The first kappa shape index (κ1) is 24.5. The molecule has 0 N–H and O–H groups in total. The summed E-state index contributed by atoms with van der Waals surface area (Å²) in [5, 5.41) is 7.76. The highest BCUT2D eigenvalue weighted by Gasteiger charge is 2.22. The molecule has 0 saturated heterocycles. The molecule has 0 saturated carbocycles. The number of hydrogen-bond donors (Lipinski definition) is 0. The summed E-state index contributed by atoms with van der Waals surface area (Å²) >= 11 is 0. The summed E-state index contributed by atoms with van der Waals surface area (Å²) in [6, 6.07) is 60.2. The molecule has 8 aromatic carbocycles. The molecule has 0 atom stereocenters. The summed E-state index contributed by atoms with van der Waals surface area (Å²) in [5.74, 6) is 0. The zero-order valence-electron chi connectivity index (χ0n) is 24.5. The highest BCUT2D eigenvalue weighted by Crippen LogP contribution is 2.49. The van der Waals surface area contributed by atoms with Crippen molar-refractivity contribution in [2.24, 2.45) is 0 Å². The largest absolute Gasteiger partial charge is 0.309 e. The van der Waals surface area contributed by atoms with Gasteiger partial charge in [-0.25, -0.2) is 0 Å². The minimum absolute atomic E-state index is 1.18. The van der Waals surface area contributed by atoms with E-state index in [-0.39, 0.29) is 0 Å². The van der Waals surface area contributed by atoms with E-state index >= 15 is 0 Å². The van der Waals surface area contributed by atoms with Crippen LogP contribution in [-0.2, 0) is 0 Å². The Hall–Kier alpha value is -5.92. The van der Waals surface area contributed by atoms with Crippen LogP contribution >= 0.6 is 0 Å². The second-order valence-electron chi connectivity index (χ2n) is 12.1. The van der Waals surface area contributed by atoms with Gasteiger partial charge in [0, 0.05) is 16.5 Å². The van der Waals surface area contributed by atoms with E-state index in [1.165, 1.54) is 93.5 Å². The molecule has 0 spiro atoms. The number of para-hydroxylation sites is 2. The molecule has 1 heterocycles. The Bertz CT molecular complexity index is 2610. The van der Waals surface area contributed by atoms with Crippen LogP contribution in [0.25, 0.3) is 93.5 Å². The summed E-state index contributed by atoms with van der Waals surface area (Å²) in [6.07, 6.45) is 0. The fraction of sp³-hybridized carbons (Fsp3) is 0. The third-order valence-electron chi connectivity index (χ3n) is 9.72. The molecule has 208 valence electrons. The molecule has 1 heteroatoms. The van der Waals surface area contributed by atoms with E-state index in [0.717, 1.165) is 0 Å². The smallest absolute Gasteiger partial charge is 0.0547 e. The van der Waals surface area contributed by atoms with E-state index in [0.29, 0.717) is 0 Å². The van der Waals surface area contributed by atoms with Gasteiger partial charge in [-0.2, -0.15) is 0 Å². The number of rotatable bonds is 3. The molecule has 1 aliphatic carbocycles. The highest BCUT2D eigenvalue weighted by molar-refractivity contribution is 6.19. The number of hydrogen-bond acceptors (Lipinski definition) is 0. The van der Waals surface area contributed by atoms with Crippen LogP contribution in [0.5, 0.6) is 0 Å². The normalized spacial score (nSPS) is 12.0. The van der Waals surface area contributed by atoms with E-state index in [4.69, 9.17) is 0 Å². The summed E-state index contributed by atoms with van der Waals surface area (Å²) in [4.78, 5) is 0. The van der Waals surface area contributed by atoms with Crippen LogP contribution in [-0.4, -0.2) is 4.57 Å². The van der Waals surface area contributed by atoms with Crippen molar-refractivity contribution in [3.8, 4) is 50.2 Å². The molecule has 1 aliphatic rings. The van der Waals surface area contributed by atoms with Crippen molar-refractivity contribution in [2.75, 3.05) is 0 Å². The second-order valence-corrected chi connectivity index (χ2v) is 12.1. The number of benzene rings is 8.